The fourth-order valence-corrected chi connectivity index (χ4v) is 1.95. The number of hydrogen-bond acceptors (Lipinski definition) is 0. The van der Waals surface area contributed by atoms with Gasteiger partial charge in [0, 0.05) is 0 Å². The van der Waals surface area contributed by atoms with E-state index in [1.165, 1.54) is 22.3 Å². The van der Waals surface area contributed by atoms with E-state index in [1.807, 2.05) is 0 Å². The summed E-state index contributed by atoms with van der Waals surface area (Å²) in [6.45, 7) is 0. The molecule has 0 N–H and O–H groups in total. The maximum absolute atomic E-state index is 2.22. The molecule has 52 valence electrons. The topological polar surface area (TPSA) is 0 Å². The fourth-order valence-electron chi connectivity index (χ4n) is 1.95. The molecular formula is C11H8. The number of allylic oxidation sites excluding steroid dienone is 10. The maximum atomic E-state index is 2.22. The zero-order valence-corrected chi connectivity index (χ0v) is 6.17. The van der Waals surface area contributed by atoms with Gasteiger partial charge in [-0.05, 0) is 28.7 Å². The van der Waals surface area contributed by atoms with E-state index in [2.05, 4.69) is 36.5 Å². The van der Waals surface area contributed by atoms with Crippen LogP contribution in [0.2, 0.25) is 0 Å². The van der Waals surface area contributed by atoms with E-state index in [-0.39, 0.29) is 0 Å². The van der Waals surface area contributed by atoms with Crippen LogP contribution in [0.15, 0.2) is 58.7 Å². The van der Waals surface area contributed by atoms with Crippen molar-refractivity contribution >= 4 is 0 Å². The van der Waals surface area contributed by atoms with Gasteiger partial charge in [0.15, 0.2) is 0 Å². The lowest BCUT2D eigenvalue weighted by molar-refractivity contribution is 1.26. The molecule has 0 atom stereocenters. The second-order valence-electron chi connectivity index (χ2n) is 3.11. The van der Waals surface area contributed by atoms with Crippen LogP contribution in [0.1, 0.15) is 6.42 Å². The Balaban J connectivity index is 2.32. The van der Waals surface area contributed by atoms with Crippen molar-refractivity contribution in [2.75, 3.05) is 0 Å². The largest absolute Gasteiger partial charge is 0.0613 e. The van der Waals surface area contributed by atoms with Gasteiger partial charge in [0.25, 0.3) is 0 Å². The first-order chi connectivity index (χ1) is 5.45. The van der Waals surface area contributed by atoms with Gasteiger partial charge < -0.3 is 0 Å². The molecule has 0 bridgehead atoms. The normalized spacial score (nSPS) is 24.0. The van der Waals surface area contributed by atoms with Gasteiger partial charge in [-0.1, -0.05) is 36.5 Å². The van der Waals surface area contributed by atoms with E-state index in [0.29, 0.717) is 0 Å². The highest BCUT2D eigenvalue weighted by Gasteiger charge is 2.23. The molecule has 0 nitrogen and oxygen atoms in total. The predicted octanol–water partition coefficient (Wildman–Crippen LogP) is 2.68. The number of rotatable bonds is 0. The molecule has 0 heterocycles. The third kappa shape index (κ3) is 0.548. The summed E-state index contributed by atoms with van der Waals surface area (Å²) in [6.07, 6.45) is 14.3. The molecular weight excluding hydrogens is 132 g/mol. The number of hydrogen-bond donors (Lipinski definition) is 0. The summed E-state index contributed by atoms with van der Waals surface area (Å²) >= 11 is 0. The zero-order valence-electron chi connectivity index (χ0n) is 6.17. The Morgan fingerprint density at radius 1 is 0.818 bits per heavy atom. The van der Waals surface area contributed by atoms with E-state index >= 15 is 0 Å². The van der Waals surface area contributed by atoms with Crippen LogP contribution in [0.4, 0.5) is 0 Å². The van der Waals surface area contributed by atoms with Gasteiger partial charge in [0.05, 0.1) is 0 Å². The molecule has 0 saturated heterocycles. The van der Waals surface area contributed by atoms with Crippen molar-refractivity contribution in [1.82, 2.24) is 0 Å². The first kappa shape index (κ1) is 5.36. The molecule has 3 aliphatic rings. The Labute approximate surface area is 65.9 Å². The Kier molecular flexibility index (Phi) is 0.803. The molecule has 0 fully saturated rings. The van der Waals surface area contributed by atoms with Crippen molar-refractivity contribution in [2.24, 2.45) is 0 Å². The summed E-state index contributed by atoms with van der Waals surface area (Å²) in [4.78, 5) is 0. The third-order valence-electron chi connectivity index (χ3n) is 2.48. The predicted molar refractivity (Wildman–Crippen MR) is 46.1 cm³/mol. The van der Waals surface area contributed by atoms with Crippen LogP contribution in [0.5, 0.6) is 0 Å². The smallest absolute Gasteiger partial charge is 0.00135 e. The van der Waals surface area contributed by atoms with Crippen LogP contribution < -0.4 is 0 Å². The molecule has 11 heavy (non-hydrogen) atoms. The van der Waals surface area contributed by atoms with Gasteiger partial charge in [-0.15, -0.1) is 0 Å². The van der Waals surface area contributed by atoms with Crippen molar-refractivity contribution in [2.45, 2.75) is 6.42 Å². The third-order valence-corrected chi connectivity index (χ3v) is 2.48. The van der Waals surface area contributed by atoms with Crippen LogP contribution in [0, 0.1) is 0 Å². The van der Waals surface area contributed by atoms with Crippen LogP contribution in [0.25, 0.3) is 0 Å². The Morgan fingerprint density at radius 3 is 1.91 bits per heavy atom. The molecule has 0 aromatic rings. The minimum Gasteiger partial charge on any atom is -0.0613 e. The van der Waals surface area contributed by atoms with Gasteiger partial charge >= 0.3 is 0 Å². The van der Waals surface area contributed by atoms with E-state index in [4.69, 9.17) is 0 Å². The van der Waals surface area contributed by atoms with E-state index in [9.17, 15) is 0 Å². The quantitative estimate of drug-likeness (QED) is 0.485. The van der Waals surface area contributed by atoms with Gasteiger partial charge in [0.2, 0.25) is 0 Å². The van der Waals surface area contributed by atoms with E-state index in [0.717, 1.165) is 6.42 Å². The molecule has 0 aromatic carbocycles. The van der Waals surface area contributed by atoms with Gasteiger partial charge in [-0.2, -0.15) is 0 Å². The molecule has 0 amide bonds. The number of fused-ring (bicyclic) bond motifs is 2. The van der Waals surface area contributed by atoms with Crippen molar-refractivity contribution in [3.63, 3.8) is 0 Å². The lowest BCUT2D eigenvalue weighted by Crippen LogP contribution is -1.72. The van der Waals surface area contributed by atoms with Crippen molar-refractivity contribution in [3.05, 3.63) is 58.7 Å². The molecule has 0 heteroatoms. The first-order valence-electron chi connectivity index (χ1n) is 3.95. The first-order valence-corrected chi connectivity index (χ1v) is 3.95. The molecule has 0 aliphatic heterocycles. The lowest BCUT2D eigenvalue weighted by atomic mass is 10.1. The van der Waals surface area contributed by atoms with Crippen LogP contribution >= 0.6 is 0 Å². The Bertz CT molecular complexity index is 335. The minimum absolute atomic E-state index is 1.14. The summed E-state index contributed by atoms with van der Waals surface area (Å²) < 4.78 is 0. The highest BCUT2D eigenvalue weighted by Crippen LogP contribution is 2.41. The van der Waals surface area contributed by atoms with Crippen molar-refractivity contribution in [3.8, 4) is 0 Å². The van der Waals surface area contributed by atoms with E-state index in [1.54, 1.807) is 0 Å². The fraction of sp³-hybridized carbons (Fsp3) is 0.0909. The van der Waals surface area contributed by atoms with Gasteiger partial charge in [0.1, 0.15) is 0 Å². The Morgan fingerprint density at radius 2 is 1.36 bits per heavy atom. The van der Waals surface area contributed by atoms with Gasteiger partial charge in [-0.25, -0.2) is 0 Å². The lowest BCUT2D eigenvalue weighted by Gasteiger charge is -1.91. The molecule has 0 unspecified atom stereocenters. The highest BCUT2D eigenvalue weighted by molar-refractivity contribution is 5.69. The molecule has 0 aromatic heterocycles. The molecule has 0 spiro atoms. The summed E-state index contributed by atoms with van der Waals surface area (Å²) in [5.41, 5.74) is 5.89. The standard InChI is InChI=1S/C11H8/c1-3-8-7-9-4-2-6-11(9)10(8)5-1/h1-6H,7H2. The Hall–Kier alpha value is -1.30. The SMILES string of the molecule is C1=CC2=C3C=CC=C3CC2=C1. The highest BCUT2D eigenvalue weighted by atomic mass is 14.3. The van der Waals surface area contributed by atoms with Gasteiger partial charge in [-0.3, -0.25) is 0 Å². The van der Waals surface area contributed by atoms with Crippen LogP contribution in [-0.4, -0.2) is 0 Å². The minimum atomic E-state index is 1.14. The monoisotopic (exact) mass is 140 g/mol. The second kappa shape index (κ2) is 1.65. The zero-order chi connectivity index (χ0) is 7.26. The molecule has 3 aliphatic carbocycles. The maximum Gasteiger partial charge on any atom is -0.00135 e. The molecule has 3 rings (SSSR count). The van der Waals surface area contributed by atoms with Crippen molar-refractivity contribution < 1.29 is 0 Å². The molecule has 0 saturated carbocycles. The molecule has 0 radical (unpaired) electrons. The van der Waals surface area contributed by atoms with Crippen LogP contribution in [-0.2, 0) is 0 Å². The van der Waals surface area contributed by atoms with E-state index < -0.39 is 0 Å². The average Bonchev–Trinajstić information content (AvgIpc) is 2.52. The summed E-state index contributed by atoms with van der Waals surface area (Å²) in [7, 11) is 0. The summed E-state index contributed by atoms with van der Waals surface area (Å²) in [5, 5.41) is 0. The second-order valence-corrected chi connectivity index (χ2v) is 3.11. The van der Waals surface area contributed by atoms with Crippen molar-refractivity contribution in [1.29, 1.82) is 0 Å². The summed E-state index contributed by atoms with van der Waals surface area (Å²) in [5.74, 6) is 0. The summed E-state index contributed by atoms with van der Waals surface area (Å²) in [6, 6.07) is 0. The average molecular weight is 140 g/mol. The van der Waals surface area contributed by atoms with Crippen LogP contribution in [0.3, 0.4) is 0 Å².